The highest BCUT2D eigenvalue weighted by Crippen LogP contribution is 2.14. The standard InChI is InChI=1S/C25H37N3O7/c1-5-22(30)33-18-20-15-28(14-13-27(20)16-23(31)35-25(2,3)4)21(29)11-12-26-24(32)34-17-19-9-7-6-8-10-19/h6-10,20H,5,11-18H2,1-4H3,(H,26,32). The Morgan fingerprint density at radius 3 is 2.40 bits per heavy atom. The first-order chi connectivity index (χ1) is 16.6. The Kier molecular flexibility index (Phi) is 11.0. The minimum atomic E-state index is -0.603. The second-order valence-electron chi connectivity index (χ2n) is 9.33. The number of benzene rings is 1. The molecule has 2 amide bonds. The molecule has 1 fully saturated rings. The first-order valence-corrected chi connectivity index (χ1v) is 11.9. The fourth-order valence-corrected chi connectivity index (χ4v) is 3.52. The maximum Gasteiger partial charge on any atom is 0.407 e. The molecule has 10 nitrogen and oxygen atoms in total. The zero-order valence-corrected chi connectivity index (χ0v) is 21.1. The number of hydrogen-bond acceptors (Lipinski definition) is 8. The van der Waals surface area contributed by atoms with Gasteiger partial charge in [-0.1, -0.05) is 37.3 Å². The maximum atomic E-state index is 12.7. The van der Waals surface area contributed by atoms with E-state index < -0.39 is 11.7 Å². The average Bonchev–Trinajstić information content (AvgIpc) is 2.81. The molecular weight excluding hydrogens is 454 g/mol. The number of rotatable bonds is 10. The van der Waals surface area contributed by atoms with Crippen molar-refractivity contribution in [3.8, 4) is 0 Å². The van der Waals surface area contributed by atoms with Crippen LogP contribution in [0.4, 0.5) is 4.79 Å². The fraction of sp³-hybridized carbons (Fsp3) is 0.600. The van der Waals surface area contributed by atoms with Gasteiger partial charge in [0.2, 0.25) is 5.91 Å². The quantitative estimate of drug-likeness (QED) is 0.391. The van der Waals surface area contributed by atoms with Crippen LogP contribution in [0.25, 0.3) is 0 Å². The van der Waals surface area contributed by atoms with Crippen molar-refractivity contribution in [1.82, 2.24) is 15.1 Å². The smallest absolute Gasteiger partial charge is 0.407 e. The van der Waals surface area contributed by atoms with Crippen LogP contribution in [0, 0.1) is 0 Å². The summed E-state index contributed by atoms with van der Waals surface area (Å²) in [4.78, 5) is 52.2. The van der Waals surface area contributed by atoms with Gasteiger partial charge in [-0.05, 0) is 26.3 Å². The number of nitrogens with zero attached hydrogens (tertiary/aromatic N) is 2. The summed E-state index contributed by atoms with van der Waals surface area (Å²) in [5, 5.41) is 2.59. The number of alkyl carbamates (subject to hydrolysis) is 1. The van der Waals surface area contributed by atoms with Crippen LogP contribution in [0.1, 0.15) is 46.1 Å². The van der Waals surface area contributed by atoms with Crippen molar-refractivity contribution in [3.05, 3.63) is 35.9 Å². The molecule has 1 atom stereocenters. The van der Waals surface area contributed by atoms with Gasteiger partial charge in [0.25, 0.3) is 0 Å². The number of nitrogens with one attached hydrogen (secondary N) is 1. The number of esters is 2. The van der Waals surface area contributed by atoms with Crippen molar-refractivity contribution < 1.29 is 33.4 Å². The summed E-state index contributed by atoms with van der Waals surface area (Å²) in [5.74, 6) is -0.858. The lowest BCUT2D eigenvalue weighted by molar-refractivity contribution is -0.158. The topological polar surface area (TPSA) is 114 Å². The Hall–Kier alpha value is -3.14. The van der Waals surface area contributed by atoms with Gasteiger partial charge in [-0.2, -0.15) is 0 Å². The van der Waals surface area contributed by atoms with Crippen LogP contribution >= 0.6 is 0 Å². The number of piperazine rings is 1. The van der Waals surface area contributed by atoms with E-state index in [2.05, 4.69) is 5.32 Å². The monoisotopic (exact) mass is 491 g/mol. The fourth-order valence-electron chi connectivity index (χ4n) is 3.52. The molecule has 1 N–H and O–H groups in total. The van der Waals surface area contributed by atoms with E-state index in [1.165, 1.54) is 0 Å². The molecular formula is C25H37N3O7. The van der Waals surface area contributed by atoms with Crippen molar-refractivity contribution in [2.75, 3.05) is 39.3 Å². The van der Waals surface area contributed by atoms with Crippen molar-refractivity contribution >= 4 is 23.9 Å². The van der Waals surface area contributed by atoms with Crippen molar-refractivity contribution in [2.24, 2.45) is 0 Å². The molecule has 0 saturated carbocycles. The van der Waals surface area contributed by atoms with Crippen LogP contribution in [0.15, 0.2) is 30.3 Å². The third-order valence-electron chi connectivity index (χ3n) is 5.26. The summed E-state index contributed by atoms with van der Waals surface area (Å²) in [7, 11) is 0. The van der Waals surface area contributed by atoms with Gasteiger partial charge < -0.3 is 24.4 Å². The highest BCUT2D eigenvalue weighted by Gasteiger charge is 2.32. The highest BCUT2D eigenvalue weighted by molar-refractivity contribution is 5.77. The molecule has 1 saturated heterocycles. The van der Waals surface area contributed by atoms with E-state index in [0.29, 0.717) is 19.6 Å². The summed E-state index contributed by atoms with van der Waals surface area (Å²) in [6.45, 7) is 8.66. The van der Waals surface area contributed by atoms with Gasteiger partial charge in [-0.15, -0.1) is 0 Å². The Labute approximate surface area is 206 Å². The second kappa shape index (κ2) is 13.7. The lowest BCUT2D eigenvalue weighted by Crippen LogP contribution is -2.58. The number of hydrogen-bond donors (Lipinski definition) is 1. The van der Waals surface area contributed by atoms with Crippen LogP contribution in [-0.4, -0.2) is 84.7 Å². The van der Waals surface area contributed by atoms with Crippen LogP contribution in [0.3, 0.4) is 0 Å². The molecule has 1 heterocycles. The van der Waals surface area contributed by atoms with Gasteiger partial charge in [0.15, 0.2) is 0 Å². The van der Waals surface area contributed by atoms with Crippen molar-refractivity contribution in [3.63, 3.8) is 0 Å². The maximum absolute atomic E-state index is 12.7. The largest absolute Gasteiger partial charge is 0.464 e. The molecule has 10 heteroatoms. The minimum Gasteiger partial charge on any atom is -0.464 e. The number of amides is 2. The van der Waals surface area contributed by atoms with Gasteiger partial charge in [-0.25, -0.2) is 4.79 Å². The zero-order chi connectivity index (χ0) is 25.8. The molecule has 0 spiro atoms. The van der Waals surface area contributed by atoms with E-state index in [1.54, 1.807) is 32.6 Å². The number of ether oxygens (including phenoxy) is 3. The zero-order valence-electron chi connectivity index (χ0n) is 21.1. The van der Waals surface area contributed by atoms with E-state index in [0.717, 1.165) is 5.56 Å². The third-order valence-corrected chi connectivity index (χ3v) is 5.26. The van der Waals surface area contributed by atoms with Crippen LogP contribution in [0.2, 0.25) is 0 Å². The summed E-state index contributed by atoms with van der Waals surface area (Å²) in [6, 6.07) is 8.98. The summed E-state index contributed by atoms with van der Waals surface area (Å²) >= 11 is 0. The van der Waals surface area contributed by atoms with E-state index in [9.17, 15) is 19.2 Å². The van der Waals surface area contributed by atoms with Crippen LogP contribution in [0.5, 0.6) is 0 Å². The van der Waals surface area contributed by atoms with Crippen LogP contribution < -0.4 is 5.32 Å². The van der Waals surface area contributed by atoms with Crippen molar-refractivity contribution in [1.29, 1.82) is 0 Å². The first kappa shape index (κ1) is 28.1. The van der Waals surface area contributed by atoms with E-state index in [1.807, 2.05) is 35.2 Å². The lowest BCUT2D eigenvalue weighted by Gasteiger charge is -2.40. The summed E-state index contributed by atoms with van der Waals surface area (Å²) in [5.41, 5.74) is 0.270. The predicted molar refractivity (Wildman–Crippen MR) is 128 cm³/mol. The Morgan fingerprint density at radius 1 is 1.03 bits per heavy atom. The Morgan fingerprint density at radius 2 is 1.74 bits per heavy atom. The van der Waals surface area contributed by atoms with Gasteiger partial charge in [0.1, 0.15) is 18.8 Å². The molecule has 1 aromatic rings. The molecule has 0 radical (unpaired) electrons. The molecule has 1 aliphatic heterocycles. The molecule has 0 aromatic heterocycles. The summed E-state index contributed by atoms with van der Waals surface area (Å²) in [6.07, 6.45) is -0.241. The Balaban J connectivity index is 1.82. The third kappa shape index (κ3) is 10.8. The van der Waals surface area contributed by atoms with Gasteiger partial charge in [-0.3, -0.25) is 19.3 Å². The molecule has 1 aromatic carbocycles. The van der Waals surface area contributed by atoms with Crippen molar-refractivity contribution in [2.45, 2.75) is 58.8 Å². The Bertz CT molecular complexity index is 854. The second-order valence-corrected chi connectivity index (χ2v) is 9.33. The lowest BCUT2D eigenvalue weighted by atomic mass is 10.1. The van der Waals surface area contributed by atoms with Gasteiger partial charge >= 0.3 is 18.0 Å². The number of carbonyl (C=O) groups excluding carboxylic acids is 4. The summed E-state index contributed by atoms with van der Waals surface area (Å²) < 4.78 is 15.9. The van der Waals surface area contributed by atoms with E-state index in [-0.39, 0.29) is 63.0 Å². The molecule has 2 rings (SSSR count). The predicted octanol–water partition coefficient (Wildman–Crippen LogP) is 2.11. The molecule has 0 bridgehead atoms. The highest BCUT2D eigenvalue weighted by atomic mass is 16.6. The molecule has 194 valence electrons. The van der Waals surface area contributed by atoms with Gasteiger partial charge in [0, 0.05) is 39.0 Å². The first-order valence-electron chi connectivity index (χ1n) is 11.9. The number of carbonyl (C=O) groups is 4. The molecule has 35 heavy (non-hydrogen) atoms. The molecule has 1 unspecified atom stereocenters. The van der Waals surface area contributed by atoms with E-state index >= 15 is 0 Å². The van der Waals surface area contributed by atoms with Gasteiger partial charge in [0.05, 0.1) is 12.6 Å². The average molecular weight is 492 g/mol. The molecule has 0 aliphatic carbocycles. The SMILES string of the molecule is CCC(=O)OCC1CN(C(=O)CCNC(=O)OCc2ccccc2)CCN1CC(=O)OC(C)(C)C. The van der Waals surface area contributed by atoms with E-state index in [4.69, 9.17) is 14.2 Å². The molecule has 1 aliphatic rings. The normalized spacial score (nSPS) is 16.3. The van der Waals surface area contributed by atoms with Crippen LogP contribution in [-0.2, 0) is 35.2 Å². The minimum absolute atomic E-state index is 0.0441.